The molecule has 0 aromatic heterocycles. The molecule has 1 saturated heterocycles. The molecule has 1 fully saturated rings. The van der Waals surface area contributed by atoms with Gasteiger partial charge in [0, 0.05) is 31.2 Å². The van der Waals surface area contributed by atoms with Crippen LogP contribution >= 0.6 is 11.6 Å². The van der Waals surface area contributed by atoms with Crippen molar-refractivity contribution in [3.63, 3.8) is 0 Å². The lowest BCUT2D eigenvalue weighted by molar-refractivity contribution is -0.148. The van der Waals surface area contributed by atoms with Gasteiger partial charge in [-0.2, -0.15) is 13.2 Å². The molecule has 5 nitrogen and oxygen atoms in total. The van der Waals surface area contributed by atoms with Crippen molar-refractivity contribution < 1.29 is 22.7 Å². The van der Waals surface area contributed by atoms with Gasteiger partial charge < -0.3 is 15.4 Å². The first-order valence-corrected chi connectivity index (χ1v) is 8.39. The summed E-state index contributed by atoms with van der Waals surface area (Å²) < 4.78 is 42.9. The van der Waals surface area contributed by atoms with Gasteiger partial charge >= 0.3 is 6.18 Å². The van der Waals surface area contributed by atoms with Crippen LogP contribution in [0.4, 0.5) is 13.2 Å². The third-order valence-corrected chi connectivity index (χ3v) is 4.08. The van der Waals surface area contributed by atoms with Gasteiger partial charge in [0.25, 0.3) is 5.91 Å². The van der Waals surface area contributed by atoms with E-state index in [0.717, 1.165) is 0 Å². The third-order valence-electron chi connectivity index (χ3n) is 3.84. The first-order valence-electron chi connectivity index (χ1n) is 8.01. The number of rotatable bonds is 6. The maximum Gasteiger partial charge on any atom is 0.401 e. The number of alkyl halides is 3. The Balaban J connectivity index is 2.01. The maximum atomic E-state index is 12.7. The van der Waals surface area contributed by atoms with E-state index >= 15 is 0 Å². The van der Waals surface area contributed by atoms with Crippen LogP contribution in [0.5, 0.6) is 5.75 Å². The number of amides is 1. The van der Waals surface area contributed by atoms with E-state index in [0.29, 0.717) is 35.9 Å². The van der Waals surface area contributed by atoms with Gasteiger partial charge in [0.2, 0.25) is 0 Å². The van der Waals surface area contributed by atoms with E-state index in [9.17, 15) is 18.0 Å². The number of piperazine rings is 1. The Morgan fingerprint density at radius 1 is 1.24 bits per heavy atom. The van der Waals surface area contributed by atoms with Crippen LogP contribution in [0.3, 0.4) is 0 Å². The molecule has 1 aromatic carbocycles. The van der Waals surface area contributed by atoms with Crippen molar-refractivity contribution in [3.05, 3.63) is 28.8 Å². The minimum absolute atomic E-state index is 0.183. The summed E-state index contributed by atoms with van der Waals surface area (Å²) in [4.78, 5) is 15.5. The van der Waals surface area contributed by atoms with Crippen LogP contribution < -0.4 is 10.5 Å². The molecule has 2 N–H and O–H groups in total. The number of carbonyl (C=O) groups excluding carboxylic acids is 1. The Labute approximate surface area is 149 Å². The highest BCUT2D eigenvalue weighted by atomic mass is 35.5. The van der Waals surface area contributed by atoms with Crippen molar-refractivity contribution in [1.29, 1.82) is 0 Å². The number of ether oxygens (including phenoxy) is 1. The zero-order chi connectivity index (χ0) is 18.4. The molecule has 1 aliphatic rings. The monoisotopic (exact) mass is 379 g/mol. The number of hydrogen-bond acceptors (Lipinski definition) is 4. The summed E-state index contributed by atoms with van der Waals surface area (Å²) >= 11 is 5.96. The highest BCUT2D eigenvalue weighted by molar-refractivity contribution is 6.30. The fourth-order valence-corrected chi connectivity index (χ4v) is 2.75. The molecule has 0 aliphatic carbocycles. The minimum Gasteiger partial charge on any atom is -0.493 e. The van der Waals surface area contributed by atoms with Gasteiger partial charge in [0.15, 0.2) is 0 Å². The Bertz CT molecular complexity index is 590. The minimum atomic E-state index is -4.23. The van der Waals surface area contributed by atoms with Crippen molar-refractivity contribution in [2.24, 2.45) is 5.73 Å². The van der Waals surface area contributed by atoms with Crippen LogP contribution in [-0.4, -0.2) is 67.8 Å². The summed E-state index contributed by atoms with van der Waals surface area (Å²) in [6, 6.07) is 4.72. The molecule has 1 heterocycles. The molecule has 0 unspecified atom stereocenters. The van der Waals surface area contributed by atoms with E-state index in [1.165, 1.54) is 9.80 Å². The molecule has 25 heavy (non-hydrogen) atoms. The Morgan fingerprint density at radius 3 is 2.52 bits per heavy atom. The van der Waals surface area contributed by atoms with Crippen molar-refractivity contribution in [1.82, 2.24) is 9.80 Å². The lowest BCUT2D eigenvalue weighted by atomic mass is 10.1. The zero-order valence-corrected chi connectivity index (χ0v) is 14.4. The largest absolute Gasteiger partial charge is 0.493 e. The number of hydrogen-bond donors (Lipinski definition) is 1. The van der Waals surface area contributed by atoms with Gasteiger partial charge in [-0.25, -0.2) is 0 Å². The number of nitrogens with zero attached hydrogens (tertiary/aromatic N) is 2. The first-order chi connectivity index (χ1) is 11.8. The predicted octanol–water partition coefficient (Wildman–Crippen LogP) is 2.39. The molecule has 0 radical (unpaired) electrons. The SMILES string of the molecule is NCCCOc1cc(Cl)ccc1C(=O)N1CCN(CC(F)(F)F)CC1. The van der Waals surface area contributed by atoms with Crippen LogP contribution in [0.25, 0.3) is 0 Å². The predicted molar refractivity (Wildman–Crippen MR) is 89.0 cm³/mol. The van der Waals surface area contributed by atoms with Gasteiger partial charge in [0.1, 0.15) is 5.75 Å². The molecule has 0 saturated carbocycles. The van der Waals surface area contributed by atoms with Gasteiger partial charge in [-0.1, -0.05) is 11.6 Å². The Morgan fingerprint density at radius 2 is 1.92 bits per heavy atom. The van der Waals surface area contributed by atoms with E-state index in [2.05, 4.69) is 0 Å². The van der Waals surface area contributed by atoms with Crippen molar-refractivity contribution in [2.45, 2.75) is 12.6 Å². The maximum absolute atomic E-state index is 12.7. The number of carbonyl (C=O) groups is 1. The molecule has 1 aromatic rings. The summed E-state index contributed by atoms with van der Waals surface area (Å²) in [6.45, 7) is 0.703. The zero-order valence-electron chi connectivity index (χ0n) is 13.7. The second kappa shape index (κ2) is 8.73. The fourth-order valence-electron chi connectivity index (χ4n) is 2.59. The highest BCUT2D eigenvalue weighted by Crippen LogP contribution is 2.26. The van der Waals surface area contributed by atoms with Gasteiger partial charge in [-0.15, -0.1) is 0 Å². The molecule has 0 atom stereocenters. The van der Waals surface area contributed by atoms with Gasteiger partial charge in [0.05, 0.1) is 18.7 Å². The van der Waals surface area contributed by atoms with Crippen molar-refractivity contribution in [3.8, 4) is 5.75 Å². The summed E-state index contributed by atoms with van der Waals surface area (Å²) in [5.41, 5.74) is 5.78. The lowest BCUT2D eigenvalue weighted by Gasteiger charge is -2.35. The second-order valence-electron chi connectivity index (χ2n) is 5.81. The second-order valence-corrected chi connectivity index (χ2v) is 6.25. The quantitative estimate of drug-likeness (QED) is 0.771. The average Bonchev–Trinajstić information content (AvgIpc) is 2.54. The Hall–Kier alpha value is -1.51. The molecule has 0 bridgehead atoms. The molecular weight excluding hydrogens is 359 g/mol. The van der Waals surface area contributed by atoms with Crippen molar-refractivity contribution in [2.75, 3.05) is 45.9 Å². The summed E-state index contributed by atoms with van der Waals surface area (Å²) in [6.07, 6.45) is -3.59. The molecule has 2 rings (SSSR count). The van der Waals surface area contributed by atoms with Crippen LogP contribution in [0, 0.1) is 0 Å². The van der Waals surface area contributed by atoms with E-state index in [1.54, 1.807) is 18.2 Å². The first kappa shape index (κ1) is 19.8. The fraction of sp³-hybridized carbons (Fsp3) is 0.562. The number of nitrogens with two attached hydrogens (primary N) is 1. The summed E-state index contributed by atoms with van der Waals surface area (Å²) in [7, 11) is 0. The topological polar surface area (TPSA) is 58.8 Å². The smallest absolute Gasteiger partial charge is 0.401 e. The molecule has 1 aliphatic heterocycles. The molecular formula is C16H21ClF3N3O2. The van der Waals surface area contributed by atoms with E-state index < -0.39 is 12.7 Å². The number of halogens is 4. The molecule has 0 spiro atoms. The van der Waals surface area contributed by atoms with Crippen LogP contribution in [0.2, 0.25) is 5.02 Å². The van der Waals surface area contributed by atoms with E-state index in [4.69, 9.17) is 22.1 Å². The molecule has 1 amide bonds. The van der Waals surface area contributed by atoms with E-state index in [-0.39, 0.29) is 32.1 Å². The standard InChI is InChI=1S/C16H21ClF3N3O2/c17-12-2-3-13(14(10-12)25-9-1-4-21)15(24)23-7-5-22(6-8-23)11-16(18,19)20/h2-3,10H,1,4-9,11,21H2. The lowest BCUT2D eigenvalue weighted by Crippen LogP contribution is -2.50. The Kier molecular flexibility index (Phi) is 6.92. The molecule has 9 heteroatoms. The summed E-state index contributed by atoms with van der Waals surface area (Å²) in [5.74, 6) is 0.0924. The molecule has 140 valence electrons. The van der Waals surface area contributed by atoms with Crippen LogP contribution in [-0.2, 0) is 0 Å². The van der Waals surface area contributed by atoms with Gasteiger partial charge in [-0.3, -0.25) is 9.69 Å². The van der Waals surface area contributed by atoms with Crippen LogP contribution in [0.1, 0.15) is 16.8 Å². The summed E-state index contributed by atoms with van der Waals surface area (Å²) in [5, 5.41) is 0.439. The average molecular weight is 380 g/mol. The third kappa shape index (κ3) is 6.05. The number of benzene rings is 1. The highest BCUT2D eigenvalue weighted by Gasteiger charge is 2.33. The van der Waals surface area contributed by atoms with E-state index in [1.807, 2.05) is 0 Å². The van der Waals surface area contributed by atoms with Crippen LogP contribution in [0.15, 0.2) is 18.2 Å². The van der Waals surface area contributed by atoms with Gasteiger partial charge in [-0.05, 0) is 31.2 Å². The normalized spacial score (nSPS) is 16.1. The van der Waals surface area contributed by atoms with Crippen molar-refractivity contribution >= 4 is 17.5 Å².